The van der Waals surface area contributed by atoms with Crippen LogP contribution in [0.5, 0.6) is 0 Å². The lowest BCUT2D eigenvalue weighted by molar-refractivity contribution is -0.0852. The SMILES string of the molecule is CCN(C)CCOCCOCC(OCCNC(N)=O)N(C)C(=O)c1cccc(C(=O)Nc2ccc(N(CC)CC)cc2-c2cc(C(=O)N[C@H]3CCCc4ccccc43)ccn2)c1. The number of pyridine rings is 1. The minimum Gasteiger partial charge on any atom is -0.378 e. The maximum absolute atomic E-state index is 14.0. The number of nitrogens with two attached hydrogens (primary N) is 1. The van der Waals surface area contributed by atoms with E-state index in [1.807, 2.05) is 37.4 Å². The molecule has 4 aromatic rings. The molecule has 0 fully saturated rings. The molecule has 0 bridgehead atoms. The number of nitrogens with one attached hydrogen (secondary N) is 3. The number of amides is 5. The Labute approximate surface area is 365 Å². The number of likely N-dealkylation sites (N-methyl/N-ethyl adjacent to an activating group) is 2. The van der Waals surface area contributed by atoms with Crippen LogP contribution in [0.4, 0.5) is 16.2 Å². The summed E-state index contributed by atoms with van der Waals surface area (Å²) in [7, 11) is 3.60. The predicted molar refractivity (Wildman–Crippen MR) is 241 cm³/mol. The normalized spacial score (nSPS) is 13.8. The number of carbonyl (C=O) groups excluding carboxylic acids is 4. The maximum Gasteiger partial charge on any atom is 0.312 e. The molecule has 15 nitrogen and oxygen atoms in total. The average molecular weight is 851 g/mol. The molecule has 62 heavy (non-hydrogen) atoms. The summed E-state index contributed by atoms with van der Waals surface area (Å²) in [6.45, 7) is 11.0. The molecule has 15 heteroatoms. The van der Waals surface area contributed by atoms with Crippen molar-refractivity contribution in [3.63, 3.8) is 0 Å². The van der Waals surface area contributed by atoms with Gasteiger partial charge in [-0.15, -0.1) is 0 Å². The summed E-state index contributed by atoms with van der Waals surface area (Å²) < 4.78 is 17.4. The van der Waals surface area contributed by atoms with E-state index in [1.165, 1.54) is 16.5 Å². The largest absolute Gasteiger partial charge is 0.378 e. The Morgan fingerprint density at radius 3 is 2.35 bits per heavy atom. The van der Waals surface area contributed by atoms with Crippen LogP contribution in [-0.2, 0) is 20.6 Å². The van der Waals surface area contributed by atoms with Gasteiger partial charge in [0.05, 0.1) is 50.5 Å². The highest BCUT2D eigenvalue weighted by atomic mass is 16.6. The van der Waals surface area contributed by atoms with E-state index in [-0.39, 0.29) is 49.4 Å². The fourth-order valence-corrected chi connectivity index (χ4v) is 7.25. The van der Waals surface area contributed by atoms with Gasteiger partial charge in [-0.2, -0.15) is 0 Å². The minimum atomic E-state index is -0.823. The third-order valence-corrected chi connectivity index (χ3v) is 11.0. The number of nitrogens with zero attached hydrogens (tertiary/aromatic N) is 4. The standard InChI is InChI=1S/C47H62N8O7/c1-6-53(4)24-26-60-27-28-61-32-43(62-25-23-50-47(48)59)54(5)46(58)36-16-11-15-34(29-36)44(56)52-41-20-19-37(55(7-2)8-3)31-39(41)42-30-35(21-22-49-42)45(57)51-40-18-12-14-33-13-9-10-17-38(33)40/h9-11,13,15-17,19-22,29-31,40,43H,6-8,12,14,18,23-28,32H2,1-5H3,(H,51,57)(H,52,56)(H3,48,50,59)/t40-,43?/m0/s1. The number of aromatic nitrogens is 1. The highest BCUT2D eigenvalue weighted by molar-refractivity contribution is 6.08. The van der Waals surface area contributed by atoms with Gasteiger partial charge in [0.25, 0.3) is 17.7 Å². The molecular weight excluding hydrogens is 789 g/mol. The Morgan fingerprint density at radius 1 is 0.823 bits per heavy atom. The van der Waals surface area contributed by atoms with Gasteiger partial charge in [0.1, 0.15) is 0 Å². The van der Waals surface area contributed by atoms with Crippen molar-refractivity contribution in [2.75, 3.05) is 90.1 Å². The van der Waals surface area contributed by atoms with Crippen LogP contribution in [0.1, 0.15) is 81.9 Å². The number of anilines is 2. The predicted octanol–water partition coefficient (Wildman–Crippen LogP) is 5.72. The number of ether oxygens (including phenoxy) is 3. The number of primary amides is 1. The highest BCUT2D eigenvalue weighted by Gasteiger charge is 2.25. The molecular formula is C47H62N8O7. The van der Waals surface area contributed by atoms with Crippen molar-refractivity contribution < 1.29 is 33.4 Å². The lowest BCUT2D eigenvalue weighted by atomic mass is 9.87. The first-order chi connectivity index (χ1) is 30.0. The topological polar surface area (TPSA) is 181 Å². The Morgan fingerprint density at radius 2 is 1.58 bits per heavy atom. The molecule has 1 unspecified atom stereocenters. The molecule has 3 aromatic carbocycles. The summed E-state index contributed by atoms with van der Waals surface area (Å²) in [5, 5.41) is 8.76. The Balaban J connectivity index is 1.32. The number of carbonyl (C=O) groups is 4. The van der Waals surface area contributed by atoms with E-state index in [0.29, 0.717) is 35.7 Å². The number of aryl methyl sites for hydroxylation is 1. The van der Waals surface area contributed by atoms with Crippen LogP contribution >= 0.6 is 0 Å². The monoisotopic (exact) mass is 850 g/mol. The molecule has 0 aliphatic heterocycles. The quantitative estimate of drug-likeness (QED) is 0.0533. The first kappa shape index (κ1) is 47.2. The van der Waals surface area contributed by atoms with E-state index in [4.69, 9.17) is 19.9 Å². The number of benzene rings is 3. The van der Waals surface area contributed by atoms with Crippen molar-refractivity contribution in [2.45, 2.75) is 52.3 Å². The summed E-state index contributed by atoms with van der Waals surface area (Å²) in [6, 6.07) is 23.1. The van der Waals surface area contributed by atoms with Gasteiger partial charge in [-0.05, 0) is 106 Å². The van der Waals surface area contributed by atoms with Crippen molar-refractivity contribution in [3.8, 4) is 11.3 Å². The minimum absolute atomic E-state index is 0.0366. The van der Waals surface area contributed by atoms with Crippen molar-refractivity contribution >= 4 is 35.1 Å². The third kappa shape index (κ3) is 13.3. The zero-order valence-electron chi connectivity index (χ0n) is 36.7. The molecule has 2 atom stereocenters. The molecule has 1 aliphatic rings. The molecule has 332 valence electrons. The lowest BCUT2D eigenvalue weighted by Crippen LogP contribution is -2.43. The molecule has 5 N–H and O–H groups in total. The molecule has 0 saturated carbocycles. The van der Waals surface area contributed by atoms with Crippen molar-refractivity contribution in [1.82, 2.24) is 25.4 Å². The van der Waals surface area contributed by atoms with Crippen LogP contribution in [0.2, 0.25) is 0 Å². The second kappa shape index (κ2) is 23.9. The van der Waals surface area contributed by atoms with Crippen molar-refractivity contribution in [1.29, 1.82) is 0 Å². The van der Waals surface area contributed by atoms with Gasteiger partial charge >= 0.3 is 6.03 Å². The summed E-state index contributed by atoms with van der Waals surface area (Å²) in [5.74, 6) is -1.05. The molecule has 0 spiro atoms. The van der Waals surface area contributed by atoms with E-state index in [1.54, 1.807) is 43.6 Å². The van der Waals surface area contributed by atoms with Crippen LogP contribution in [0.25, 0.3) is 11.3 Å². The molecule has 1 aromatic heterocycles. The Hall–Kier alpha value is -5.87. The van der Waals surface area contributed by atoms with Gasteiger partial charge in [0, 0.05) is 67.4 Å². The number of urea groups is 1. The second-order valence-electron chi connectivity index (χ2n) is 15.1. The van der Waals surface area contributed by atoms with Gasteiger partial charge < -0.3 is 50.6 Å². The van der Waals surface area contributed by atoms with Gasteiger partial charge in [0.2, 0.25) is 0 Å². The highest BCUT2D eigenvalue weighted by Crippen LogP contribution is 2.33. The van der Waals surface area contributed by atoms with Crippen LogP contribution in [-0.4, -0.2) is 125 Å². The second-order valence-corrected chi connectivity index (χ2v) is 15.1. The average Bonchev–Trinajstić information content (AvgIpc) is 3.29. The number of hydrogen-bond acceptors (Lipinski definition) is 10. The van der Waals surface area contributed by atoms with Crippen molar-refractivity contribution in [2.24, 2.45) is 5.73 Å². The first-order valence-electron chi connectivity index (χ1n) is 21.4. The summed E-state index contributed by atoms with van der Waals surface area (Å²) in [4.78, 5) is 63.2. The first-order valence-corrected chi connectivity index (χ1v) is 21.4. The van der Waals surface area contributed by atoms with E-state index in [0.717, 1.165) is 56.7 Å². The Bertz CT molecular complexity index is 2110. The summed E-state index contributed by atoms with van der Waals surface area (Å²) in [5.41, 5.74) is 11.2. The molecule has 1 aliphatic carbocycles. The Kier molecular flexibility index (Phi) is 18.2. The number of fused-ring (bicyclic) bond motifs is 1. The van der Waals surface area contributed by atoms with Gasteiger partial charge in [-0.3, -0.25) is 19.4 Å². The van der Waals surface area contributed by atoms with E-state index >= 15 is 0 Å². The van der Waals surface area contributed by atoms with Gasteiger partial charge in [0.15, 0.2) is 6.23 Å². The van der Waals surface area contributed by atoms with Gasteiger partial charge in [-0.25, -0.2) is 4.79 Å². The van der Waals surface area contributed by atoms with Crippen LogP contribution in [0.15, 0.2) is 85.1 Å². The molecule has 5 amide bonds. The van der Waals surface area contributed by atoms with Crippen LogP contribution in [0.3, 0.4) is 0 Å². The number of rotatable bonds is 23. The maximum atomic E-state index is 14.0. The number of hydrogen-bond donors (Lipinski definition) is 4. The lowest BCUT2D eigenvalue weighted by Gasteiger charge is -2.28. The zero-order chi connectivity index (χ0) is 44.4. The zero-order valence-corrected chi connectivity index (χ0v) is 36.7. The smallest absolute Gasteiger partial charge is 0.312 e. The fraction of sp³-hybridized carbons (Fsp3) is 0.426. The fourth-order valence-electron chi connectivity index (χ4n) is 7.25. The summed E-state index contributed by atoms with van der Waals surface area (Å²) >= 11 is 0. The molecule has 0 radical (unpaired) electrons. The van der Waals surface area contributed by atoms with E-state index in [2.05, 4.69) is 63.6 Å². The van der Waals surface area contributed by atoms with Crippen LogP contribution in [0, 0.1) is 0 Å². The molecule has 5 rings (SSSR count). The van der Waals surface area contributed by atoms with Crippen molar-refractivity contribution in [3.05, 3.63) is 113 Å². The third-order valence-electron chi connectivity index (χ3n) is 11.0. The van der Waals surface area contributed by atoms with Gasteiger partial charge in [-0.1, -0.05) is 37.3 Å². The van der Waals surface area contributed by atoms with E-state index < -0.39 is 24.1 Å². The van der Waals surface area contributed by atoms with E-state index in [9.17, 15) is 19.2 Å². The summed E-state index contributed by atoms with van der Waals surface area (Å²) in [6.07, 6.45) is 3.64. The molecule has 1 heterocycles. The molecule has 0 saturated heterocycles. The van der Waals surface area contributed by atoms with Crippen LogP contribution < -0.4 is 26.6 Å².